The normalized spacial score (nSPS) is 17.3. The zero-order valence-corrected chi connectivity index (χ0v) is 17.0. The van der Waals surface area contributed by atoms with E-state index in [4.69, 9.17) is 9.73 Å². The number of hydrogen-bond donors (Lipinski definition) is 1. The van der Waals surface area contributed by atoms with Crippen LogP contribution in [0.4, 0.5) is 0 Å². The van der Waals surface area contributed by atoms with Crippen LogP contribution in [0.2, 0.25) is 0 Å². The van der Waals surface area contributed by atoms with Crippen LogP contribution >= 0.6 is 0 Å². The number of benzene rings is 2. The molecular formula is C24H30N2O2. The highest BCUT2D eigenvalue weighted by Gasteiger charge is 2.40. The van der Waals surface area contributed by atoms with Crippen LogP contribution in [-0.2, 0) is 22.4 Å². The van der Waals surface area contributed by atoms with Crippen molar-refractivity contribution in [3.63, 3.8) is 0 Å². The van der Waals surface area contributed by atoms with Crippen LogP contribution in [0.25, 0.3) is 0 Å². The Kier molecular flexibility index (Phi) is 6.50. The smallest absolute Gasteiger partial charge is 0.217 e. The second kappa shape index (κ2) is 9.05. The van der Waals surface area contributed by atoms with Gasteiger partial charge in [0.05, 0.1) is 0 Å². The molecule has 4 heteroatoms. The van der Waals surface area contributed by atoms with Crippen LogP contribution in [0.3, 0.4) is 0 Å². The summed E-state index contributed by atoms with van der Waals surface area (Å²) >= 11 is 0. The number of carbonyl (C=O) groups is 1. The Balaban J connectivity index is 1.93. The third-order valence-corrected chi connectivity index (χ3v) is 5.43. The van der Waals surface area contributed by atoms with Crippen LogP contribution in [0.15, 0.2) is 65.7 Å². The molecule has 0 aromatic heterocycles. The van der Waals surface area contributed by atoms with Crippen molar-refractivity contribution in [1.29, 1.82) is 0 Å². The summed E-state index contributed by atoms with van der Waals surface area (Å²) in [4.78, 5) is 16.9. The summed E-state index contributed by atoms with van der Waals surface area (Å²) in [6, 6.07) is 20.7. The molecule has 0 saturated carbocycles. The maximum atomic E-state index is 11.8. The molecule has 2 unspecified atom stereocenters. The first-order valence-corrected chi connectivity index (χ1v) is 10.1. The summed E-state index contributed by atoms with van der Waals surface area (Å²) < 4.78 is 6.13. The van der Waals surface area contributed by atoms with Crippen molar-refractivity contribution in [3.8, 4) is 0 Å². The van der Waals surface area contributed by atoms with E-state index in [1.165, 1.54) is 11.1 Å². The number of carbonyl (C=O) groups excluding carboxylic acids is 1. The largest absolute Gasteiger partial charge is 0.477 e. The van der Waals surface area contributed by atoms with E-state index in [1.54, 1.807) is 6.92 Å². The summed E-state index contributed by atoms with van der Waals surface area (Å²) in [7, 11) is 0. The Morgan fingerprint density at radius 1 is 1.07 bits per heavy atom. The van der Waals surface area contributed by atoms with Crippen LogP contribution in [0.1, 0.15) is 38.3 Å². The van der Waals surface area contributed by atoms with Crippen LogP contribution in [-0.4, -0.2) is 30.0 Å². The topological polar surface area (TPSA) is 50.7 Å². The average molecular weight is 379 g/mol. The molecule has 2 aromatic rings. The van der Waals surface area contributed by atoms with Gasteiger partial charge in [0.25, 0.3) is 0 Å². The molecule has 28 heavy (non-hydrogen) atoms. The molecule has 148 valence electrons. The fourth-order valence-electron chi connectivity index (χ4n) is 3.76. The summed E-state index contributed by atoms with van der Waals surface area (Å²) in [6.45, 7) is 6.32. The van der Waals surface area contributed by atoms with Crippen molar-refractivity contribution >= 4 is 11.8 Å². The first-order chi connectivity index (χ1) is 13.5. The van der Waals surface area contributed by atoms with E-state index in [1.807, 2.05) is 12.1 Å². The minimum atomic E-state index is -0.359. The summed E-state index contributed by atoms with van der Waals surface area (Å²) in [5, 5.41) is 3.04. The first kappa shape index (κ1) is 20.1. The Bertz CT molecular complexity index is 760. The Labute approximate surface area is 168 Å². The number of hydrogen-bond acceptors (Lipinski definition) is 3. The standard InChI is InChI=1S/C24H30N2O2/c1-4-18(2)22(25-19(3)27)23-26-24(17-28-23,15-20-11-7-5-8-12-20)16-21-13-9-6-10-14-21/h5-14,18,22H,4,15-17H2,1-3H3,(H,25,27). The zero-order valence-electron chi connectivity index (χ0n) is 17.0. The van der Waals surface area contributed by atoms with Crippen molar-refractivity contribution in [2.24, 2.45) is 10.9 Å². The van der Waals surface area contributed by atoms with Crippen molar-refractivity contribution in [2.75, 3.05) is 6.61 Å². The van der Waals surface area contributed by atoms with Gasteiger partial charge in [-0.1, -0.05) is 80.9 Å². The molecule has 2 aromatic carbocycles. The van der Waals surface area contributed by atoms with E-state index in [0.717, 1.165) is 19.3 Å². The monoisotopic (exact) mass is 378 g/mol. The van der Waals surface area contributed by atoms with Gasteiger partial charge in [0.2, 0.25) is 11.8 Å². The Hall–Kier alpha value is -2.62. The number of aliphatic imine (C=N–C) groups is 1. The number of ether oxygens (including phenoxy) is 1. The minimum Gasteiger partial charge on any atom is -0.477 e. The zero-order chi connectivity index (χ0) is 20.0. The predicted octanol–water partition coefficient (Wildman–Crippen LogP) is 4.19. The highest BCUT2D eigenvalue weighted by Crippen LogP contribution is 2.30. The van der Waals surface area contributed by atoms with Gasteiger partial charge in [-0.3, -0.25) is 4.79 Å². The number of amides is 1. The maximum Gasteiger partial charge on any atom is 0.217 e. The predicted molar refractivity (Wildman–Crippen MR) is 113 cm³/mol. The lowest BCUT2D eigenvalue weighted by atomic mass is 9.86. The third-order valence-electron chi connectivity index (χ3n) is 5.43. The van der Waals surface area contributed by atoms with Crippen molar-refractivity contribution in [1.82, 2.24) is 5.32 Å². The lowest BCUT2D eigenvalue weighted by Gasteiger charge is -2.24. The molecule has 1 amide bonds. The van der Waals surface area contributed by atoms with E-state index < -0.39 is 0 Å². The van der Waals surface area contributed by atoms with Gasteiger partial charge in [0.15, 0.2) is 0 Å². The Morgan fingerprint density at radius 3 is 2.07 bits per heavy atom. The average Bonchev–Trinajstić information content (AvgIpc) is 3.10. The van der Waals surface area contributed by atoms with E-state index in [-0.39, 0.29) is 23.4 Å². The molecule has 1 N–H and O–H groups in total. The lowest BCUT2D eigenvalue weighted by molar-refractivity contribution is -0.119. The van der Waals surface area contributed by atoms with Gasteiger partial charge in [-0.15, -0.1) is 0 Å². The van der Waals surface area contributed by atoms with Crippen LogP contribution < -0.4 is 5.32 Å². The second-order valence-corrected chi connectivity index (χ2v) is 7.85. The van der Waals surface area contributed by atoms with Crippen molar-refractivity contribution < 1.29 is 9.53 Å². The quantitative estimate of drug-likeness (QED) is 0.749. The first-order valence-electron chi connectivity index (χ1n) is 10.1. The van der Waals surface area contributed by atoms with Crippen molar-refractivity contribution in [3.05, 3.63) is 71.8 Å². The fraction of sp³-hybridized carbons (Fsp3) is 0.417. The van der Waals surface area contributed by atoms with E-state index in [9.17, 15) is 4.79 Å². The highest BCUT2D eigenvalue weighted by atomic mass is 16.5. The molecule has 1 heterocycles. The van der Waals surface area contributed by atoms with Gasteiger partial charge < -0.3 is 10.1 Å². The molecule has 2 atom stereocenters. The molecule has 0 saturated heterocycles. The van der Waals surface area contributed by atoms with Gasteiger partial charge in [-0.25, -0.2) is 4.99 Å². The number of nitrogens with one attached hydrogen (secondary N) is 1. The van der Waals surface area contributed by atoms with Gasteiger partial charge in [-0.05, 0) is 17.0 Å². The molecule has 0 bridgehead atoms. The molecule has 1 aliphatic rings. The van der Waals surface area contributed by atoms with Gasteiger partial charge in [0, 0.05) is 19.8 Å². The van der Waals surface area contributed by atoms with E-state index in [2.05, 4.69) is 67.7 Å². The number of rotatable bonds is 8. The molecule has 0 spiro atoms. The summed E-state index contributed by atoms with van der Waals surface area (Å²) in [6.07, 6.45) is 2.55. The fourth-order valence-corrected chi connectivity index (χ4v) is 3.76. The molecular weight excluding hydrogens is 348 g/mol. The number of nitrogens with zero attached hydrogens (tertiary/aromatic N) is 1. The molecule has 0 aliphatic carbocycles. The highest BCUT2D eigenvalue weighted by molar-refractivity contribution is 5.88. The van der Waals surface area contributed by atoms with Crippen LogP contribution in [0.5, 0.6) is 0 Å². The molecule has 0 fully saturated rings. The minimum absolute atomic E-state index is 0.0554. The van der Waals surface area contributed by atoms with Crippen LogP contribution in [0, 0.1) is 5.92 Å². The van der Waals surface area contributed by atoms with Gasteiger partial charge >= 0.3 is 0 Å². The summed E-state index contributed by atoms with van der Waals surface area (Å²) in [5.41, 5.74) is 2.13. The molecule has 0 radical (unpaired) electrons. The lowest BCUT2D eigenvalue weighted by Crippen LogP contribution is -2.44. The SMILES string of the molecule is CCC(C)C(NC(C)=O)C1=NC(Cc2ccccc2)(Cc2ccccc2)CO1. The summed E-state index contributed by atoms with van der Waals surface area (Å²) in [5.74, 6) is 0.864. The molecule has 4 nitrogen and oxygen atoms in total. The van der Waals surface area contributed by atoms with Gasteiger partial charge in [-0.2, -0.15) is 0 Å². The van der Waals surface area contributed by atoms with E-state index in [0.29, 0.717) is 12.5 Å². The van der Waals surface area contributed by atoms with E-state index >= 15 is 0 Å². The van der Waals surface area contributed by atoms with Crippen molar-refractivity contribution in [2.45, 2.75) is 51.6 Å². The molecule has 3 rings (SSSR count). The maximum absolute atomic E-state index is 11.8. The van der Waals surface area contributed by atoms with Gasteiger partial charge in [0.1, 0.15) is 18.2 Å². The Morgan fingerprint density at radius 2 is 1.61 bits per heavy atom. The third kappa shape index (κ3) is 5.00. The second-order valence-electron chi connectivity index (χ2n) is 7.85. The molecule has 1 aliphatic heterocycles.